The summed E-state index contributed by atoms with van der Waals surface area (Å²) < 4.78 is 41.4. The fourth-order valence-corrected chi connectivity index (χ4v) is 5.31. The number of anilines is 1. The minimum atomic E-state index is -4.51. The molecule has 0 amide bonds. The van der Waals surface area contributed by atoms with Crippen molar-refractivity contribution in [3.63, 3.8) is 0 Å². The van der Waals surface area contributed by atoms with Crippen molar-refractivity contribution >= 4 is 11.6 Å². The van der Waals surface area contributed by atoms with E-state index >= 15 is 0 Å². The van der Waals surface area contributed by atoms with Gasteiger partial charge < -0.3 is 10.6 Å². The average molecular weight is 430 g/mol. The zero-order valence-corrected chi connectivity index (χ0v) is 17.4. The van der Waals surface area contributed by atoms with E-state index in [9.17, 15) is 13.2 Å². The van der Waals surface area contributed by atoms with Crippen LogP contribution in [0.5, 0.6) is 0 Å². The number of nitrogens with zero attached hydrogens (tertiary/aromatic N) is 5. The van der Waals surface area contributed by atoms with E-state index in [-0.39, 0.29) is 11.5 Å². The summed E-state index contributed by atoms with van der Waals surface area (Å²) in [4.78, 5) is 15.0. The lowest BCUT2D eigenvalue weighted by Crippen LogP contribution is -2.47. The fourth-order valence-electron chi connectivity index (χ4n) is 5.31. The molecular weight excluding hydrogens is 405 g/mol. The van der Waals surface area contributed by atoms with Gasteiger partial charge in [0.15, 0.2) is 0 Å². The van der Waals surface area contributed by atoms with Gasteiger partial charge in [-0.2, -0.15) is 13.2 Å². The van der Waals surface area contributed by atoms with E-state index in [1.165, 1.54) is 19.0 Å². The van der Waals surface area contributed by atoms with Crippen LogP contribution in [-0.2, 0) is 6.18 Å². The molecule has 1 aliphatic carbocycles. The molecule has 2 fully saturated rings. The van der Waals surface area contributed by atoms with Gasteiger partial charge in [-0.15, -0.1) is 0 Å². The molecule has 3 aromatic rings. The number of pyridine rings is 1. The van der Waals surface area contributed by atoms with E-state index in [4.69, 9.17) is 10.7 Å². The van der Waals surface area contributed by atoms with Crippen molar-refractivity contribution in [2.24, 2.45) is 11.1 Å². The molecule has 0 radical (unpaired) electrons. The van der Waals surface area contributed by atoms with Gasteiger partial charge in [0.05, 0.1) is 5.69 Å². The maximum absolute atomic E-state index is 13.2. The summed E-state index contributed by atoms with van der Waals surface area (Å²) in [6, 6.07) is 2.90. The molecule has 1 atom stereocenters. The molecule has 1 saturated carbocycles. The molecule has 0 bridgehead atoms. The summed E-state index contributed by atoms with van der Waals surface area (Å²) >= 11 is 0. The van der Waals surface area contributed by atoms with Gasteiger partial charge in [0.25, 0.3) is 0 Å². The van der Waals surface area contributed by atoms with Gasteiger partial charge in [-0.25, -0.2) is 9.97 Å². The third-order valence-electron chi connectivity index (χ3n) is 7.07. The molecule has 2 aliphatic rings. The van der Waals surface area contributed by atoms with E-state index in [1.807, 2.05) is 17.5 Å². The zero-order chi connectivity index (χ0) is 21.8. The number of aromatic nitrogens is 4. The van der Waals surface area contributed by atoms with Crippen molar-refractivity contribution in [2.45, 2.75) is 51.2 Å². The Hall–Kier alpha value is -2.68. The van der Waals surface area contributed by atoms with Crippen LogP contribution in [0, 0.1) is 12.3 Å². The van der Waals surface area contributed by atoms with Crippen LogP contribution >= 0.6 is 0 Å². The second kappa shape index (κ2) is 7.19. The Labute approximate surface area is 178 Å². The van der Waals surface area contributed by atoms with Crippen LogP contribution in [0.4, 0.5) is 19.1 Å². The third kappa shape index (κ3) is 3.35. The molecule has 164 valence electrons. The first-order valence-corrected chi connectivity index (χ1v) is 10.7. The molecule has 6 nitrogen and oxygen atoms in total. The topological polar surface area (TPSA) is 72.3 Å². The van der Waals surface area contributed by atoms with Gasteiger partial charge in [-0.1, -0.05) is 6.42 Å². The molecule has 5 rings (SSSR count). The Morgan fingerprint density at radius 1 is 1.13 bits per heavy atom. The van der Waals surface area contributed by atoms with E-state index in [0.717, 1.165) is 44.4 Å². The van der Waals surface area contributed by atoms with Crippen LogP contribution < -0.4 is 10.6 Å². The van der Waals surface area contributed by atoms with Crippen molar-refractivity contribution in [2.75, 3.05) is 18.0 Å². The summed E-state index contributed by atoms with van der Waals surface area (Å²) in [6.45, 7) is 3.54. The Morgan fingerprint density at radius 3 is 2.58 bits per heavy atom. The predicted molar refractivity (Wildman–Crippen MR) is 112 cm³/mol. The first-order chi connectivity index (χ1) is 14.8. The van der Waals surface area contributed by atoms with Crippen LogP contribution in [0.3, 0.4) is 0 Å². The van der Waals surface area contributed by atoms with Gasteiger partial charge in [0.1, 0.15) is 11.3 Å². The van der Waals surface area contributed by atoms with Crippen molar-refractivity contribution in [3.05, 3.63) is 42.1 Å². The number of aryl methyl sites for hydroxylation is 1. The fraction of sp³-hybridized carbons (Fsp3) is 0.500. The normalized spacial score (nSPS) is 21.3. The lowest BCUT2D eigenvalue weighted by atomic mass is 9.74. The number of piperidine rings is 1. The lowest BCUT2D eigenvalue weighted by Gasteiger charge is -2.42. The van der Waals surface area contributed by atoms with Gasteiger partial charge in [0.2, 0.25) is 5.95 Å². The summed E-state index contributed by atoms with van der Waals surface area (Å²) in [5.41, 5.74) is 7.98. The van der Waals surface area contributed by atoms with Gasteiger partial charge >= 0.3 is 6.18 Å². The number of imidazole rings is 1. The molecule has 1 unspecified atom stereocenters. The highest BCUT2D eigenvalue weighted by Gasteiger charge is 2.43. The van der Waals surface area contributed by atoms with E-state index in [2.05, 4.69) is 14.9 Å². The quantitative estimate of drug-likeness (QED) is 0.659. The lowest BCUT2D eigenvalue weighted by molar-refractivity contribution is -0.141. The number of alkyl halides is 3. The van der Waals surface area contributed by atoms with E-state index in [0.29, 0.717) is 22.5 Å². The summed E-state index contributed by atoms with van der Waals surface area (Å²) in [7, 11) is 0. The molecule has 1 aliphatic heterocycles. The van der Waals surface area contributed by atoms with Crippen LogP contribution in [0.2, 0.25) is 0 Å². The largest absolute Gasteiger partial charge is 0.433 e. The van der Waals surface area contributed by atoms with Crippen molar-refractivity contribution < 1.29 is 13.2 Å². The average Bonchev–Trinajstić information content (AvgIpc) is 3.35. The summed E-state index contributed by atoms with van der Waals surface area (Å²) in [5.74, 6) is 0.778. The smallest absolute Gasteiger partial charge is 0.342 e. The van der Waals surface area contributed by atoms with Crippen LogP contribution in [0.1, 0.15) is 43.5 Å². The molecule has 3 aromatic heterocycles. The number of hydrogen-bond donors (Lipinski definition) is 1. The summed E-state index contributed by atoms with van der Waals surface area (Å²) in [6.07, 6.45) is 5.71. The molecule has 2 N–H and O–H groups in total. The molecule has 1 saturated heterocycles. The second-order valence-electron chi connectivity index (χ2n) is 8.77. The minimum absolute atomic E-state index is 0.241. The van der Waals surface area contributed by atoms with Crippen molar-refractivity contribution in [3.8, 4) is 11.1 Å². The zero-order valence-electron chi connectivity index (χ0n) is 17.4. The third-order valence-corrected chi connectivity index (χ3v) is 7.07. The van der Waals surface area contributed by atoms with Gasteiger partial charge in [-0.3, -0.25) is 9.38 Å². The Balaban J connectivity index is 1.52. The highest BCUT2D eigenvalue weighted by atomic mass is 19.4. The number of halogens is 3. The minimum Gasteiger partial charge on any atom is -0.342 e. The van der Waals surface area contributed by atoms with Gasteiger partial charge in [-0.05, 0) is 55.7 Å². The van der Waals surface area contributed by atoms with Crippen molar-refractivity contribution in [1.82, 2.24) is 19.4 Å². The SMILES string of the molecule is Cc1nc(N2CCC3(CCCC3N)CC2)n2ccnc2c1-c1ccnc(C(F)(F)F)c1. The second-order valence-corrected chi connectivity index (χ2v) is 8.77. The number of nitrogens with two attached hydrogens (primary N) is 1. The molecule has 31 heavy (non-hydrogen) atoms. The highest BCUT2D eigenvalue weighted by Crippen LogP contribution is 2.46. The maximum Gasteiger partial charge on any atom is 0.433 e. The summed E-state index contributed by atoms with van der Waals surface area (Å²) in [5, 5.41) is 0. The first-order valence-electron chi connectivity index (χ1n) is 10.7. The predicted octanol–water partition coefficient (Wildman–Crippen LogP) is 4.22. The molecular formula is C22H25F3N6. The Morgan fingerprint density at radius 2 is 1.90 bits per heavy atom. The van der Waals surface area contributed by atoms with Crippen LogP contribution in [0.25, 0.3) is 16.8 Å². The monoisotopic (exact) mass is 430 g/mol. The number of fused-ring (bicyclic) bond motifs is 1. The standard InChI is InChI=1S/C22H25F3N6/c1-14-18(15-4-8-27-17(13-15)22(23,24)25)19-28-9-12-31(19)20(29-14)30-10-6-21(7-11-30)5-2-3-16(21)26/h4,8-9,12-13,16H,2-3,5-7,10-11,26H2,1H3. The van der Waals surface area contributed by atoms with Gasteiger partial charge in [0, 0.05) is 43.3 Å². The first kappa shape index (κ1) is 20.2. The van der Waals surface area contributed by atoms with E-state index < -0.39 is 11.9 Å². The highest BCUT2D eigenvalue weighted by molar-refractivity contribution is 5.80. The van der Waals surface area contributed by atoms with Crippen LogP contribution in [-0.4, -0.2) is 38.5 Å². The number of rotatable bonds is 2. The Kier molecular flexibility index (Phi) is 4.69. The Bertz CT molecular complexity index is 1110. The molecule has 9 heteroatoms. The van der Waals surface area contributed by atoms with Crippen molar-refractivity contribution in [1.29, 1.82) is 0 Å². The van der Waals surface area contributed by atoms with Crippen LogP contribution in [0.15, 0.2) is 30.7 Å². The maximum atomic E-state index is 13.2. The molecule has 0 aromatic carbocycles. The molecule has 4 heterocycles. The molecule has 1 spiro atoms. The van der Waals surface area contributed by atoms with E-state index in [1.54, 1.807) is 12.3 Å². The number of hydrogen-bond acceptors (Lipinski definition) is 5.